The summed E-state index contributed by atoms with van der Waals surface area (Å²) in [7, 11) is 0. The van der Waals surface area contributed by atoms with Gasteiger partial charge < -0.3 is 15.6 Å². The molecule has 0 saturated heterocycles. The van der Waals surface area contributed by atoms with Crippen LogP contribution in [0.4, 0.5) is 8.78 Å². The molecule has 0 aromatic heterocycles. The minimum atomic E-state index is -2.90. The van der Waals surface area contributed by atoms with Gasteiger partial charge >= 0.3 is 6.61 Å². The number of rotatable bonds is 5. The smallest absolute Gasteiger partial charge is 0.387 e. The predicted molar refractivity (Wildman–Crippen MR) is 56.3 cm³/mol. The third-order valence-electron chi connectivity index (χ3n) is 2.33. The molecule has 0 aliphatic carbocycles. The van der Waals surface area contributed by atoms with Crippen LogP contribution in [0.3, 0.4) is 0 Å². The average Bonchev–Trinajstić information content (AvgIpc) is 2.27. The maximum atomic E-state index is 12.1. The molecule has 0 heterocycles. The number of hydrogen-bond donors (Lipinski definition) is 2. The maximum Gasteiger partial charge on any atom is 0.387 e. The van der Waals surface area contributed by atoms with Crippen molar-refractivity contribution in [1.82, 2.24) is 0 Å². The van der Waals surface area contributed by atoms with Crippen LogP contribution in [0.5, 0.6) is 5.75 Å². The highest BCUT2D eigenvalue weighted by Crippen LogP contribution is 2.27. The van der Waals surface area contributed by atoms with Gasteiger partial charge in [-0.3, -0.25) is 0 Å². The normalized spacial score (nSPS) is 14.9. The van der Waals surface area contributed by atoms with E-state index >= 15 is 0 Å². The Morgan fingerprint density at radius 1 is 1.38 bits per heavy atom. The highest BCUT2D eigenvalue weighted by molar-refractivity contribution is 5.36. The van der Waals surface area contributed by atoms with Crippen LogP contribution >= 0.6 is 0 Å². The van der Waals surface area contributed by atoms with Crippen LogP contribution in [0.1, 0.15) is 24.9 Å². The highest BCUT2D eigenvalue weighted by Gasteiger charge is 2.20. The first-order valence-electron chi connectivity index (χ1n) is 5.03. The molecule has 0 aliphatic heterocycles. The first kappa shape index (κ1) is 12.9. The zero-order chi connectivity index (χ0) is 12.1. The summed E-state index contributed by atoms with van der Waals surface area (Å²) in [4.78, 5) is 0. The number of hydrogen-bond acceptors (Lipinski definition) is 3. The monoisotopic (exact) mass is 231 g/mol. The third-order valence-corrected chi connectivity index (χ3v) is 2.33. The summed E-state index contributed by atoms with van der Waals surface area (Å²) in [5, 5.41) is 9.57. The average molecular weight is 231 g/mol. The molecule has 1 aromatic carbocycles. The highest BCUT2D eigenvalue weighted by atomic mass is 19.3. The molecule has 0 fully saturated rings. The van der Waals surface area contributed by atoms with E-state index in [9.17, 15) is 13.9 Å². The number of halogens is 2. The molecule has 3 nitrogen and oxygen atoms in total. The van der Waals surface area contributed by atoms with E-state index in [2.05, 4.69) is 4.74 Å². The summed E-state index contributed by atoms with van der Waals surface area (Å²) in [6.45, 7) is -1.13. The van der Waals surface area contributed by atoms with Gasteiger partial charge in [-0.2, -0.15) is 8.78 Å². The van der Waals surface area contributed by atoms with E-state index in [4.69, 9.17) is 5.73 Å². The fraction of sp³-hybridized carbons (Fsp3) is 0.455. The summed E-state index contributed by atoms with van der Waals surface area (Å²) < 4.78 is 28.6. The van der Waals surface area contributed by atoms with Crippen molar-refractivity contribution < 1.29 is 18.6 Å². The first-order chi connectivity index (χ1) is 7.56. The first-order valence-corrected chi connectivity index (χ1v) is 5.03. The van der Waals surface area contributed by atoms with Crippen LogP contribution < -0.4 is 10.5 Å². The van der Waals surface area contributed by atoms with E-state index in [0.717, 1.165) is 0 Å². The molecule has 0 spiro atoms. The SMILES string of the molecule is CC[C@H](O)[C@H](N)c1ccccc1OC(F)F. The second-order valence-corrected chi connectivity index (χ2v) is 3.42. The number of aliphatic hydroxyl groups is 1. The number of aliphatic hydroxyl groups excluding tert-OH is 1. The molecular weight excluding hydrogens is 216 g/mol. The summed E-state index contributed by atoms with van der Waals surface area (Å²) in [6.07, 6.45) is -0.327. The summed E-state index contributed by atoms with van der Waals surface area (Å²) in [5.41, 5.74) is 6.14. The van der Waals surface area contributed by atoms with Gasteiger partial charge in [0, 0.05) is 5.56 Å². The van der Waals surface area contributed by atoms with Crippen molar-refractivity contribution in [3.05, 3.63) is 29.8 Å². The lowest BCUT2D eigenvalue weighted by Crippen LogP contribution is -2.26. The molecule has 0 aliphatic rings. The van der Waals surface area contributed by atoms with Crippen molar-refractivity contribution in [2.45, 2.75) is 32.1 Å². The number of alkyl halides is 2. The molecule has 90 valence electrons. The lowest BCUT2D eigenvalue weighted by atomic mass is 10.00. The topological polar surface area (TPSA) is 55.5 Å². The molecule has 1 rings (SSSR count). The number of nitrogens with two attached hydrogens (primary N) is 1. The van der Waals surface area contributed by atoms with Crippen LogP contribution in [0, 0.1) is 0 Å². The molecule has 16 heavy (non-hydrogen) atoms. The van der Waals surface area contributed by atoms with Gasteiger partial charge in [0.2, 0.25) is 0 Å². The van der Waals surface area contributed by atoms with Gasteiger partial charge in [-0.05, 0) is 12.5 Å². The summed E-state index contributed by atoms with van der Waals surface area (Å²) in [6, 6.07) is 5.49. The van der Waals surface area contributed by atoms with Gasteiger partial charge in [0.05, 0.1) is 12.1 Å². The van der Waals surface area contributed by atoms with Crippen LogP contribution in [0.15, 0.2) is 24.3 Å². The van der Waals surface area contributed by atoms with Crippen molar-refractivity contribution in [3.8, 4) is 5.75 Å². The lowest BCUT2D eigenvalue weighted by Gasteiger charge is -2.20. The van der Waals surface area contributed by atoms with Crippen LogP contribution in [0.2, 0.25) is 0 Å². The molecule has 3 N–H and O–H groups in total. The number of ether oxygens (including phenoxy) is 1. The third kappa shape index (κ3) is 3.15. The van der Waals surface area contributed by atoms with Crippen molar-refractivity contribution >= 4 is 0 Å². The zero-order valence-corrected chi connectivity index (χ0v) is 8.94. The Bertz CT molecular complexity index is 334. The Kier molecular flexibility index (Phi) is 4.64. The predicted octanol–water partition coefficient (Wildman–Crippen LogP) is 2.06. The summed E-state index contributed by atoms with van der Waals surface area (Å²) >= 11 is 0. The van der Waals surface area contributed by atoms with Crippen molar-refractivity contribution in [1.29, 1.82) is 0 Å². The van der Waals surface area contributed by atoms with Gasteiger partial charge in [0.25, 0.3) is 0 Å². The Morgan fingerprint density at radius 2 is 2.00 bits per heavy atom. The zero-order valence-electron chi connectivity index (χ0n) is 8.94. The van der Waals surface area contributed by atoms with Gasteiger partial charge in [0.15, 0.2) is 0 Å². The van der Waals surface area contributed by atoms with E-state index in [1.165, 1.54) is 6.07 Å². The standard InChI is InChI=1S/C11H15F2NO2/c1-2-8(15)10(14)7-5-3-4-6-9(7)16-11(12)13/h3-6,8,10-11,15H,2,14H2,1H3/t8-,10+/m0/s1. The van der Waals surface area contributed by atoms with Gasteiger partial charge in [-0.25, -0.2) is 0 Å². The van der Waals surface area contributed by atoms with Crippen LogP contribution in [-0.4, -0.2) is 17.8 Å². The molecule has 2 atom stereocenters. The van der Waals surface area contributed by atoms with Gasteiger partial charge in [0.1, 0.15) is 5.75 Å². The second kappa shape index (κ2) is 5.77. The number of para-hydroxylation sites is 1. The molecule has 0 saturated carbocycles. The van der Waals surface area contributed by atoms with E-state index in [1.807, 2.05) is 0 Å². The van der Waals surface area contributed by atoms with Crippen molar-refractivity contribution in [2.24, 2.45) is 5.73 Å². The lowest BCUT2D eigenvalue weighted by molar-refractivity contribution is -0.0510. The molecule has 0 radical (unpaired) electrons. The summed E-state index contributed by atoms with van der Waals surface area (Å²) in [5.74, 6) is 0.0116. The van der Waals surface area contributed by atoms with Crippen molar-refractivity contribution in [2.75, 3.05) is 0 Å². The second-order valence-electron chi connectivity index (χ2n) is 3.42. The Hall–Kier alpha value is -1.20. The van der Waals surface area contributed by atoms with E-state index < -0.39 is 18.8 Å². The fourth-order valence-electron chi connectivity index (χ4n) is 1.42. The molecular formula is C11H15F2NO2. The minimum absolute atomic E-state index is 0.0116. The van der Waals surface area contributed by atoms with Gasteiger partial charge in [-0.1, -0.05) is 25.1 Å². The van der Waals surface area contributed by atoms with E-state index in [0.29, 0.717) is 12.0 Å². The molecule has 5 heteroatoms. The van der Waals surface area contributed by atoms with E-state index in [1.54, 1.807) is 25.1 Å². The Labute approximate surface area is 92.8 Å². The molecule has 1 aromatic rings. The Balaban J connectivity index is 2.93. The Morgan fingerprint density at radius 3 is 2.56 bits per heavy atom. The fourth-order valence-corrected chi connectivity index (χ4v) is 1.42. The van der Waals surface area contributed by atoms with Gasteiger partial charge in [-0.15, -0.1) is 0 Å². The molecule has 0 bridgehead atoms. The largest absolute Gasteiger partial charge is 0.434 e. The van der Waals surface area contributed by atoms with Crippen LogP contribution in [0.25, 0.3) is 0 Å². The minimum Gasteiger partial charge on any atom is -0.434 e. The van der Waals surface area contributed by atoms with Crippen LogP contribution in [-0.2, 0) is 0 Å². The molecule has 0 amide bonds. The quantitative estimate of drug-likeness (QED) is 0.815. The maximum absolute atomic E-state index is 12.1. The van der Waals surface area contributed by atoms with Crippen molar-refractivity contribution in [3.63, 3.8) is 0 Å². The molecule has 0 unspecified atom stereocenters. The van der Waals surface area contributed by atoms with E-state index in [-0.39, 0.29) is 5.75 Å². The number of benzene rings is 1.